The van der Waals surface area contributed by atoms with Gasteiger partial charge in [0.2, 0.25) is 5.91 Å². The second-order valence-electron chi connectivity index (χ2n) is 6.26. The molecule has 1 aromatic heterocycles. The van der Waals surface area contributed by atoms with Gasteiger partial charge in [0.1, 0.15) is 5.58 Å². The van der Waals surface area contributed by atoms with E-state index in [1.807, 2.05) is 45.0 Å². The normalized spacial score (nSPS) is 11.0. The molecule has 0 spiro atoms. The van der Waals surface area contributed by atoms with Crippen molar-refractivity contribution in [3.05, 3.63) is 64.4 Å². The molecule has 0 aliphatic carbocycles. The molecule has 0 aliphatic rings. The number of carbonyl (C=O) groups is 1. The van der Waals surface area contributed by atoms with Crippen molar-refractivity contribution in [2.45, 2.75) is 34.1 Å². The summed E-state index contributed by atoms with van der Waals surface area (Å²) >= 11 is 0. The molecule has 23 heavy (non-hydrogen) atoms. The van der Waals surface area contributed by atoms with Crippen molar-refractivity contribution in [3.63, 3.8) is 0 Å². The zero-order valence-electron chi connectivity index (χ0n) is 14.0. The molecule has 0 bridgehead atoms. The zero-order valence-corrected chi connectivity index (χ0v) is 14.0. The van der Waals surface area contributed by atoms with E-state index < -0.39 is 0 Å². The van der Waals surface area contributed by atoms with Gasteiger partial charge in [0, 0.05) is 16.6 Å². The number of carbonyl (C=O) groups excluding carboxylic acids is 1. The highest BCUT2D eigenvalue weighted by atomic mass is 16.3. The molecule has 3 heteroatoms. The van der Waals surface area contributed by atoms with Crippen molar-refractivity contribution in [3.8, 4) is 0 Å². The predicted octanol–water partition coefficient (Wildman–Crippen LogP) is 4.85. The van der Waals surface area contributed by atoms with Crippen molar-refractivity contribution in [2.24, 2.45) is 0 Å². The fraction of sp³-hybridized carbons (Fsp3) is 0.250. The van der Waals surface area contributed by atoms with Gasteiger partial charge in [0.15, 0.2) is 0 Å². The molecule has 0 radical (unpaired) electrons. The second kappa shape index (κ2) is 5.92. The Kier molecular flexibility index (Phi) is 3.95. The third-order valence-corrected chi connectivity index (χ3v) is 4.11. The maximum absolute atomic E-state index is 12.4. The molecular weight excluding hydrogens is 286 g/mol. The molecule has 0 unspecified atom stereocenters. The van der Waals surface area contributed by atoms with E-state index in [2.05, 4.69) is 18.3 Å². The van der Waals surface area contributed by atoms with Gasteiger partial charge in [-0.1, -0.05) is 18.2 Å². The third-order valence-electron chi connectivity index (χ3n) is 4.11. The minimum absolute atomic E-state index is 0.0265. The van der Waals surface area contributed by atoms with E-state index in [1.54, 1.807) is 6.26 Å². The van der Waals surface area contributed by atoms with Crippen molar-refractivity contribution in [2.75, 3.05) is 5.32 Å². The average Bonchev–Trinajstić information content (AvgIpc) is 2.85. The van der Waals surface area contributed by atoms with Crippen molar-refractivity contribution in [1.29, 1.82) is 0 Å². The number of anilines is 1. The van der Waals surface area contributed by atoms with Crippen LogP contribution in [0, 0.1) is 27.7 Å². The van der Waals surface area contributed by atoms with E-state index in [0.717, 1.165) is 44.5 Å². The summed E-state index contributed by atoms with van der Waals surface area (Å²) in [5, 5.41) is 4.05. The largest absolute Gasteiger partial charge is 0.464 e. The van der Waals surface area contributed by atoms with Crippen molar-refractivity contribution < 1.29 is 9.21 Å². The standard InChI is InChI=1S/C20H21NO2/c1-12-5-6-14(3)17(8-12)21-19(22)10-16-11-23-18-9-13(2)7-15(4)20(16)18/h5-9,11H,10H2,1-4H3,(H,21,22). The van der Waals surface area contributed by atoms with Crippen LogP contribution in [0.3, 0.4) is 0 Å². The average molecular weight is 307 g/mol. The minimum Gasteiger partial charge on any atom is -0.464 e. The van der Waals surface area contributed by atoms with Crippen molar-refractivity contribution >= 4 is 22.6 Å². The topological polar surface area (TPSA) is 42.2 Å². The molecule has 3 rings (SSSR count). The Morgan fingerprint density at radius 3 is 2.57 bits per heavy atom. The Hall–Kier alpha value is -2.55. The van der Waals surface area contributed by atoms with Gasteiger partial charge in [-0.05, 0) is 62.1 Å². The third kappa shape index (κ3) is 3.14. The highest BCUT2D eigenvalue weighted by Crippen LogP contribution is 2.27. The minimum atomic E-state index is -0.0265. The van der Waals surface area contributed by atoms with Crippen LogP contribution < -0.4 is 5.32 Å². The Bertz CT molecular complexity index is 890. The molecule has 0 saturated carbocycles. The van der Waals surface area contributed by atoms with Gasteiger partial charge >= 0.3 is 0 Å². The van der Waals surface area contributed by atoms with Crippen LogP contribution in [-0.4, -0.2) is 5.91 Å². The molecule has 1 heterocycles. The van der Waals surface area contributed by atoms with E-state index in [4.69, 9.17) is 4.42 Å². The number of furan rings is 1. The summed E-state index contributed by atoms with van der Waals surface area (Å²) in [6.45, 7) is 8.11. The lowest BCUT2D eigenvalue weighted by Crippen LogP contribution is -2.15. The summed E-state index contributed by atoms with van der Waals surface area (Å²) in [5.41, 5.74) is 7.14. The van der Waals surface area contributed by atoms with Crippen LogP contribution in [0.1, 0.15) is 27.8 Å². The summed E-state index contributed by atoms with van der Waals surface area (Å²) in [7, 11) is 0. The second-order valence-corrected chi connectivity index (χ2v) is 6.26. The van der Waals surface area contributed by atoms with Crippen LogP contribution in [0.2, 0.25) is 0 Å². The first-order valence-corrected chi connectivity index (χ1v) is 7.78. The van der Waals surface area contributed by atoms with Crippen LogP contribution in [0.5, 0.6) is 0 Å². The number of nitrogens with one attached hydrogen (secondary N) is 1. The first-order chi connectivity index (χ1) is 10.9. The highest BCUT2D eigenvalue weighted by molar-refractivity contribution is 5.96. The maximum Gasteiger partial charge on any atom is 0.228 e. The molecule has 0 atom stereocenters. The van der Waals surface area contributed by atoms with E-state index in [0.29, 0.717) is 6.42 Å². The summed E-state index contributed by atoms with van der Waals surface area (Å²) in [6, 6.07) is 10.2. The number of hydrogen-bond acceptors (Lipinski definition) is 2. The van der Waals surface area contributed by atoms with E-state index in [9.17, 15) is 4.79 Å². The van der Waals surface area contributed by atoms with E-state index in [1.165, 1.54) is 0 Å². The predicted molar refractivity (Wildman–Crippen MR) is 93.9 cm³/mol. The lowest BCUT2D eigenvalue weighted by atomic mass is 10.0. The van der Waals surface area contributed by atoms with Crippen LogP contribution in [0.25, 0.3) is 11.0 Å². The Morgan fingerprint density at radius 2 is 1.78 bits per heavy atom. The Labute approximate surface area is 136 Å². The number of aryl methyl sites for hydroxylation is 4. The number of fused-ring (bicyclic) bond motifs is 1. The zero-order chi connectivity index (χ0) is 16.6. The van der Waals surface area contributed by atoms with Crippen LogP contribution in [-0.2, 0) is 11.2 Å². The van der Waals surface area contributed by atoms with Gasteiger partial charge in [-0.3, -0.25) is 4.79 Å². The molecule has 3 aromatic rings. The monoisotopic (exact) mass is 307 g/mol. The summed E-state index contributed by atoms with van der Waals surface area (Å²) in [5.74, 6) is -0.0265. The highest BCUT2D eigenvalue weighted by Gasteiger charge is 2.13. The first-order valence-electron chi connectivity index (χ1n) is 7.78. The van der Waals surface area contributed by atoms with Crippen LogP contribution >= 0.6 is 0 Å². The molecule has 3 nitrogen and oxygen atoms in total. The maximum atomic E-state index is 12.4. The molecule has 0 aliphatic heterocycles. The SMILES string of the molecule is Cc1ccc(C)c(NC(=O)Cc2coc3cc(C)cc(C)c23)c1. The van der Waals surface area contributed by atoms with E-state index in [-0.39, 0.29) is 5.91 Å². The number of hydrogen-bond donors (Lipinski definition) is 1. The Morgan fingerprint density at radius 1 is 1.00 bits per heavy atom. The first kappa shape index (κ1) is 15.3. The summed E-state index contributed by atoms with van der Waals surface area (Å²) < 4.78 is 5.62. The van der Waals surface area contributed by atoms with Gasteiger partial charge in [-0.2, -0.15) is 0 Å². The quantitative estimate of drug-likeness (QED) is 0.751. The van der Waals surface area contributed by atoms with Gasteiger partial charge in [-0.25, -0.2) is 0 Å². The van der Waals surface area contributed by atoms with Gasteiger partial charge in [-0.15, -0.1) is 0 Å². The fourth-order valence-electron chi connectivity index (χ4n) is 2.99. The Balaban J connectivity index is 1.85. The lowest BCUT2D eigenvalue weighted by Gasteiger charge is -2.09. The summed E-state index contributed by atoms with van der Waals surface area (Å²) in [6.07, 6.45) is 2.00. The lowest BCUT2D eigenvalue weighted by molar-refractivity contribution is -0.115. The molecule has 0 saturated heterocycles. The number of rotatable bonds is 3. The van der Waals surface area contributed by atoms with Crippen LogP contribution in [0.15, 0.2) is 41.0 Å². The molecular formula is C20H21NO2. The van der Waals surface area contributed by atoms with Crippen molar-refractivity contribution in [1.82, 2.24) is 0 Å². The van der Waals surface area contributed by atoms with Gasteiger partial charge < -0.3 is 9.73 Å². The fourth-order valence-corrected chi connectivity index (χ4v) is 2.99. The van der Waals surface area contributed by atoms with Gasteiger partial charge in [0.05, 0.1) is 12.7 Å². The molecule has 1 N–H and O–H groups in total. The number of benzene rings is 2. The molecule has 2 aromatic carbocycles. The van der Waals surface area contributed by atoms with Gasteiger partial charge in [0.25, 0.3) is 0 Å². The number of amides is 1. The van der Waals surface area contributed by atoms with E-state index >= 15 is 0 Å². The van der Waals surface area contributed by atoms with Crippen LogP contribution in [0.4, 0.5) is 5.69 Å². The molecule has 118 valence electrons. The molecule has 0 fully saturated rings. The smallest absolute Gasteiger partial charge is 0.228 e. The molecule has 1 amide bonds. The summed E-state index contributed by atoms with van der Waals surface area (Å²) in [4.78, 5) is 12.4.